The van der Waals surface area contributed by atoms with Gasteiger partial charge in [-0.05, 0) is 61.1 Å². The molecule has 1 N–H and O–H groups in total. The van der Waals surface area contributed by atoms with Crippen LogP contribution in [0.4, 0.5) is 0 Å². The number of hydrogen-bond acceptors (Lipinski definition) is 2. The minimum atomic E-state index is -0.0263. The lowest BCUT2D eigenvalue weighted by atomic mass is 10.1. The Hall–Kier alpha value is -2.04. The van der Waals surface area contributed by atoms with E-state index in [0.717, 1.165) is 36.8 Å². The summed E-state index contributed by atoms with van der Waals surface area (Å²) < 4.78 is 0. The highest BCUT2D eigenvalue weighted by Crippen LogP contribution is 2.30. The highest BCUT2D eigenvalue weighted by molar-refractivity contribution is 6.35. The van der Waals surface area contributed by atoms with Gasteiger partial charge in [0.25, 0.3) is 5.91 Å². The van der Waals surface area contributed by atoms with Crippen molar-refractivity contribution in [2.24, 2.45) is 0 Å². The number of halogens is 2. The molecule has 6 heteroatoms. The molecule has 2 aliphatic carbocycles. The minimum absolute atomic E-state index is 0.0263. The summed E-state index contributed by atoms with van der Waals surface area (Å²) in [5, 5.41) is 4.07. The van der Waals surface area contributed by atoms with Crippen LogP contribution < -0.4 is 5.32 Å². The van der Waals surface area contributed by atoms with Crippen molar-refractivity contribution in [1.29, 1.82) is 0 Å². The molecule has 0 aliphatic heterocycles. The van der Waals surface area contributed by atoms with Crippen molar-refractivity contribution in [3.63, 3.8) is 0 Å². The highest BCUT2D eigenvalue weighted by Gasteiger charge is 2.32. The summed E-state index contributed by atoms with van der Waals surface area (Å²) in [4.78, 5) is 26.9. The van der Waals surface area contributed by atoms with E-state index < -0.39 is 0 Å². The van der Waals surface area contributed by atoms with Crippen LogP contribution >= 0.6 is 23.2 Å². The van der Waals surface area contributed by atoms with Gasteiger partial charge in [0.1, 0.15) is 0 Å². The minimum Gasteiger partial charge on any atom is -0.349 e. The lowest BCUT2D eigenvalue weighted by Gasteiger charge is -2.23. The van der Waals surface area contributed by atoms with Gasteiger partial charge >= 0.3 is 0 Å². The molecule has 4 nitrogen and oxygen atoms in total. The molecule has 2 aliphatic rings. The summed E-state index contributed by atoms with van der Waals surface area (Å²) in [5.74, 6) is 0.0313. The average molecular weight is 417 g/mol. The zero-order valence-electron chi connectivity index (χ0n) is 15.5. The van der Waals surface area contributed by atoms with E-state index in [1.807, 2.05) is 29.2 Å². The van der Waals surface area contributed by atoms with E-state index in [1.54, 1.807) is 18.2 Å². The van der Waals surface area contributed by atoms with Gasteiger partial charge in [-0.3, -0.25) is 9.59 Å². The molecule has 2 amide bonds. The maximum Gasteiger partial charge on any atom is 0.251 e. The number of carbonyl (C=O) groups is 2. The van der Waals surface area contributed by atoms with Crippen molar-refractivity contribution >= 4 is 35.0 Å². The zero-order valence-corrected chi connectivity index (χ0v) is 17.0. The maximum atomic E-state index is 12.9. The first-order valence-corrected chi connectivity index (χ1v) is 10.4. The number of benzene rings is 2. The summed E-state index contributed by atoms with van der Waals surface area (Å²) in [6, 6.07) is 13.4. The van der Waals surface area contributed by atoms with E-state index >= 15 is 0 Å². The molecule has 146 valence electrons. The molecule has 2 aromatic carbocycles. The fourth-order valence-corrected chi connectivity index (χ4v) is 3.67. The van der Waals surface area contributed by atoms with Crippen LogP contribution in [0.15, 0.2) is 42.5 Å². The molecule has 2 aromatic rings. The summed E-state index contributed by atoms with van der Waals surface area (Å²) in [6.45, 7) is 0.541. The van der Waals surface area contributed by atoms with E-state index in [2.05, 4.69) is 5.32 Å². The van der Waals surface area contributed by atoms with Gasteiger partial charge in [-0.15, -0.1) is 0 Å². The average Bonchev–Trinajstić information content (AvgIpc) is 3.57. The Balaban J connectivity index is 1.41. The Kier molecular flexibility index (Phi) is 5.61. The van der Waals surface area contributed by atoms with Crippen molar-refractivity contribution in [2.45, 2.75) is 50.7 Å². The lowest BCUT2D eigenvalue weighted by Crippen LogP contribution is -2.34. The Morgan fingerprint density at radius 2 is 1.71 bits per heavy atom. The van der Waals surface area contributed by atoms with Crippen molar-refractivity contribution in [3.8, 4) is 0 Å². The van der Waals surface area contributed by atoms with Crippen molar-refractivity contribution in [1.82, 2.24) is 10.2 Å². The van der Waals surface area contributed by atoms with Gasteiger partial charge in [0.05, 0.1) is 6.42 Å². The van der Waals surface area contributed by atoms with E-state index in [4.69, 9.17) is 23.2 Å². The van der Waals surface area contributed by atoms with Gasteiger partial charge in [0.2, 0.25) is 5.91 Å². The van der Waals surface area contributed by atoms with Crippen LogP contribution in [0.2, 0.25) is 10.0 Å². The molecule has 4 rings (SSSR count). The SMILES string of the molecule is O=C(NC1CC1)c1ccc(CN(C(=O)Cc2ccc(Cl)cc2Cl)C2CC2)cc1. The van der Waals surface area contributed by atoms with Gasteiger partial charge in [0, 0.05) is 34.2 Å². The third-order valence-corrected chi connectivity index (χ3v) is 5.73. The number of rotatable bonds is 7. The van der Waals surface area contributed by atoms with Crippen LogP contribution in [0.3, 0.4) is 0 Å². The Morgan fingerprint density at radius 1 is 1.00 bits per heavy atom. The molecule has 0 saturated heterocycles. The first-order valence-electron chi connectivity index (χ1n) is 9.63. The van der Waals surface area contributed by atoms with Crippen LogP contribution in [0.25, 0.3) is 0 Å². The first kappa shape index (κ1) is 19.3. The van der Waals surface area contributed by atoms with Gasteiger partial charge in [-0.1, -0.05) is 41.4 Å². The molecule has 0 radical (unpaired) electrons. The number of amides is 2. The summed E-state index contributed by atoms with van der Waals surface area (Å²) in [5.41, 5.74) is 2.46. The molecule has 0 aromatic heterocycles. The predicted octanol–water partition coefficient (Wildman–Crippen LogP) is 4.62. The number of nitrogens with one attached hydrogen (secondary N) is 1. The zero-order chi connectivity index (χ0) is 19.7. The monoisotopic (exact) mass is 416 g/mol. The summed E-state index contributed by atoms with van der Waals surface area (Å²) in [7, 11) is 0. The van der Waals surface area contributed by atoms with Gasteiger partial charge in [-0.2, -0.15) is 0 Å². The summed E-state index contributed by atoms with van der Waals surface area (Å²) in [6.07, 6.45) is 4.46. The van der Waals surface area contributed by atoms with E-state index in [-0.39, 0.29) is 24.3 Å². The Bertz CT molecular complexity index is 890. The van der Waals surface area contributed by atoms with Crippen LogP contribution in [0.5, 0.6) is 0 Å². The largest absolute Gasteiger partial charge is 0.349 e. The van der Waals surface area contributed by atoms with E-state index in [9.17, 15) is 9.59 Å². The van der Waals surface area contributed by atoms with Crippen molar-refractivity contribution < 1.29 is 9.59 Å². The molecular weight excluding hydrogens is 395 g/mol. The second-order valence-electron chi connectivity index (χ2n) is 7.61. The lowest BCUT2D eigenvalue weighted by molar-refractivity contribution is -0.131. The van der Waals surface area contributed by atoms with Crippen LogP contribution in [-0.2, 0) is 17.8 Å². The summed E-state index contributed by atoms with van der Waals surface area (Å²) >= 11 is 12.2. The Labute approximate surface area is 174 Å². The highest BCUT2D eigenvalue weighted by atomic mass is 35.5. The molecule has 2 fully saturated rings. The van der Waals surface area contributed by atoms with Crippen LogP contribution in [0, 0.1) is 0 Å². The molecule has 28 heavy (non-hydrogen) atoms. The molecule has 0 spiro atoms. The molecule has 2 saturated carbocycles. The third kappa shape index (κ3) is 4.86. The standard InChI is InChI=1S/C22H22Cl2N2O2/c23-17-6-5-16(20(24)12-17)11-21(27)26(19-9-10-19)13-14-1-3-15(4-2-14)22(28)25-18-7-8-18/h1-6,12,18-19H,7-11,13H2,(H,25,28). The molecule has 0 unspecified atom stereocenters. The fraction of sp³-hybridized carbons (Fsp3) is 0.364. The molecular formula is C22H22Cl2N2O2. The Morgan fingerprint density at radius 3 is 2.32 bits per heavy atom. The molecule has 0 atom stereocenters. The van der Waals surface area contributed by atoms with E-state index in [0.29, 0.717) is 28.2 Å². The van der Waals surface area contributed by atoms with Crippen molar-refractivity contribution in [2.75, 3.05) is 0 Å². The molecule has 0 bridgehead atoms. The predicted molar refractivity (Wildman–Crippen MR) is 111 cm³/mol. The number of carbonyl (C=O) groups excluding carboxylic acids is 2. The number of nitrogens with zero attached hydrogens (tertiary/aromatic N) is 1. The van der Waals surface area contributed by atoms with Gasteiger partial charge < -0.3 is 10.2 Å². The first-order chi connectivity index (χ1) is 13.5. The third-order valence-electron chi connectivity index (χ3n) is 5.15. The second-order valence-corrected chi connectivity index (χ2v) is 8.45. The topological polar surface area (TPSA) is 49.4 Å². The van der Waals surface area contributed by atoms with E-state index in [1.165, 1.54) is 0 Å². The van der Waals surface area contributed by atoms with Crippen LogP contribution in [-0.4, -0.2) is 28.8 Å². The van der Waals surface area contributed by atoms with Crippen LogP contribution in [0.1, 0.15) is 47.2 Å². The normalized spacial score (nSPS) is 15.9. The molecule has 0 heterocycles. The number of hydrogen-bond donors (Lipinski definition) is 1. The fourth-order valence-electron chi connectivity index (χ4n) is 3.19. The quantitative estimate of drug-likeness (QED) is 0.715. The maximum absolute atomic E-state index is 12.9. The van der Waals surface area contributed by atoms with Gasteiger partial charge in [0.15, 0.2) is 0 Å². The van der Waals surface area contributed by atoms with Crippen molar-refractivity contribution in [3.05, 3.63) is 69.2 Å². The van der Waals surface area contributed by atoms with Gasteiger partial charge in [-0.25, -0.2) is 0 Å². The second kappa shape index (κ2) is 8.14. The smallest absolute Gasteiger partial charge is 0.251 e.